The lowest BCUT2D eigenvalue weighted by Crippen LogP contribution is -2.47. The molecule has 1 saturated heterocycles. The average molecular weight is 571 g/mol. The van der Waals surface area contributed by atoms with E-state index in [1.807, 2.05) is 6.92 Å². The Balaban J connectivity index is 1.44. The number of aryl methyl sites for hydroxylation is 1. The van der Waals surface area contributed by atoms with Crippen molar-refractivity contribution in [2.45, 2.75) is 153 Å². The van der Waals surface area contributed by atoms with Crippen LogP contribution in [0.3, 0.4) is 0 Å². The fourth-order valence-electron chi connectivity index (χ4n) is 6.98. The van der Waals surface area contributed by atoms with E-state index >= 15 is 0 Å². The van der Waals surface area contributed by atoms with Crippen molar-refractivity contribution >= 4 is 10.0 Å². The second kappa shape index (κ2) is 13.8. The van der Waals surface area contributed by atoms with Crippen LogP contribution in [0.1, 0.15) is 140 Å². The van der Waals surface area contributed by atoms with E-state index in [1.165, 1.54) is 70.6 Å². The molecule has 39 heavy (non-hydrogen) atoms. The standard InChI is InChI=1S/C29H52N3O6S/c1-5-7-8-9-10-11-12-13-14-15-16-17-18-19-22-32(4)29(39(32,36)37)21-20-26(27(23-29)31(34)35)30-28(33)25(6-2)24(3)38-30/h26-27H,5-23H2,1-4H3/q+1. The van der Waals surface area contributed by atoms with Crippen LogP contribution in [-0.4, -0.2) is 46.5 Å². The Morgan fingerprint density at radius 2 is 1.49 bits per heavy atom. The minimum Gasteiger partial charge on any atom is -0.380 e. The Morgan fingerprint density at radius 1 is 0.974 bits per heavy atom. The van der Waals surface area contributed by atoms with Gasteiger partial charge >= 0.3 is 10.0 Å². The summed E-state index contributed by atoms with van der Waals surface area (Å²) in [4.78, 5) is 23.4. The minimum atomic E-state index is -3.51. The molecule has 4 atom stereocenters. The number of sulfonamides is 1. The molecule has 0 aromatic carbocycles. The van der Waals surface area contributed by atoms with E-state index in [0.29, 0.717) is 30.7 Å². The molecule has 0 radical (unpaired) electrons. The molecule has 3 rings (SSSR count). The highest BCUT2D eigenvalue weighted by Crippen LogP contribution is 2.61. The topological polar surface area (TPSA) is 112 Å². The molecule has 1 aliphatic heterocycles. The number of unbranched alkanes of at least 4 members (excludes halogenated alkanes) is 13. The van der Waals surface area contributed by atoms with Crippen LogP contribution in [0.5, 0.6) is 0 Å². The second-order valence-electron chi connectivity index (χ2n) is 12.1. The molecule has 1 saturated carbocycles. The van der Waals surface area contributed by atoms with Crippen LogP contribution in [0.4, 0.5) is 0 Å². The summed E-state index contributed by atoms with van der Waals surface area (Å²) in [5, 5.41) is 12.1. The largest absolute Gasteiger partial charge is 0.380 e. The van der Waals surface area contributed by atoms with Gasteiger partial charge in [0.25, 0.3) is 10.4 Å². The Kier molecular flexibility index (Phi) is 11.3. The Morgan fingerprint density at radius 3 is 1.95 bits per heavy atom. The smallest absolute Gasteiger partial charge is 0.356 e. The summed E-state index contributed by atoms with van der Waals surface area (Å²) in [6, 6.07) is -1.93. The molecular formula is C29H52N3O6S+. The molecule has 1 aromatic heterocycles. The minimum absolute atomic E-state index is 0.0737. The predicted octanol–water partition coefficient (Wildman–Crippen LogP) is 6.65. The number of hydrogen-bond donors (Lipinski definition) is 0. The third kappa shape index (κ3) is 6.47. The van der Waals surface area contributed by atoms with Crippen molar-refractivity contribution in [3.05, 3.63) is 31.8 Å². The van der Waals surface area contributed by atoms with E-state index in [2.05, 4.69) is 6.92 Å². The third-order valence-electron chi connectivity index (χ3n) is 9.63. The van der Waals surface area contributed by atoms with Gasteiger partial charge in [0.05, 0.1) is 25.6 Å². The maximum absolute atomic E-state index is 13.3. The van der Waals surface area contributed by atoms with Gasteiger partial charge in [-0.05, 0) is 32.6 Å². The Hall–Kier alpha value is -1.68. The first-order valence-electron chi connectivity index (χ1n) is 15.5. The van der Waals surface area contributed by atoms with Crippen molar-refractivity contribution in [3.63, 3.8) is 0 Å². The molecular weight excluding hydrogens is 518 g/mol. The molecule has 10 heteroatoms. The van der Waals surface area contributed by atoms with Gasteiger partial charge in [-0.15, -0.1) is 0 Å². The first kappa shape index (κ1) is 31.8. The van der Waals surface area contributed by atoms with Crippen molar-refractivity contribution in [1.29, 1.82) is 0 Å². The lowest BCUT2D eigenvalue weighted by molar-refractivity contribution is -0.760. The number of aromatic nitrogens is 1. The van der Waals surface area contributed by atoms with Gasteiger partial charge < -0.3 is 4.52 Å². The van der Waals surface area contributed by atoms with Crippen molar-refractivity contribution in [2.75, 3.05) is 13.6 Å². The molecule has 9 nitrogen and oxygen atoms in total. The summed E-state index contributed by atoms with van der Waals surface area (Å²) in [5.41, 5.74) is 0.191. The van der Waals surface area contributed by atoms with Gasteiger partial charge in [-0.2, -0.15) is 17.0 Å². The van der Waals surface area contributed by atoms with Gasteiger partial charge in [-0.25, -0.2) is 0 Å². The molecule has 0 bridgehead atoms. The van der Waals surface area contributed by atoms with Crippen molar-refractivity contribution < 1.29 is 21.8 Å². The van der Waals surface area contributed by atoms with E-state index in [9.17, 15) is 23.3 Å². The molecule has 2 heterocycles. The SMILES string of the molecule is CCCCCCCCCCCCCCCC[N+]1(C)C2(CCC(n3oc(C)c(CC)c3=O)C([N+](=O)[O-])C2)S1(=O)=O. The fourth-order valence-corrected chi connectivity index (χ4v) is 9.78. The molecule has 0 amide bonds. The molecule has 4 unspecified atom stereocenters. The third-order valence-corrected chi connectivity index (χ3v) is 12.8. The van der Waals surface area contributed by atoms with E-state index in [4.69, 9.17) is 4.52 Å². The van der Waals surface area contributed by atoms with E-state index in [1.54, 1.807) is 14.0 Å². The summed E-state index contributed by atoms with van der Waals surface area (Å²) in [6.45, 7) is 6.29. The first-order valence-corrected chi connectivity index (χ1v) is 17.0. The quantitative estimate of drug-likeness (QED) is 0.0642. The van der Waals surface area contributed by atoms with Gasteiger partial charge in [0.1, 0.15) is 11.8 Å². The predicted molar refractivity (Wildman–Crippen MR) is 154 cm³/mol. The number of nitro groups is 1. The summed E-state index contributed by atoms with van der Waals surface area (Å²) in [6.07, 6.45) is 18.3. The summed E-state index contributed by atoms with van der Waals surface area (Å²) >= 11 is 0. The maximum atomic E-state index is 13.3. The van der Waals surface area contributed by atoms with Crippen LogP contribution < -0.4 is 5.56 Å². The van der Waals surface area contributed by atoms with E-state index < -0.39 is 31.9 Å². The van der Waals surface area contributed by atoms with Crippen molar-refractivity contribution in [2.24, 2.45) is 0 Å². The van der Waals surface area contributed by atoms with Crippen molar-refractivity contribution in [3.8, 4) is 0 Å². The normalized spacial score (nSPS) is 27.7. The zero-order valence-corrected chi connectivity index (χ0v) is 25.6. The van der Waals surface area contributed by atoms with Gasteiger partial charge in [-0.1, -0.05) is 90.9 Å². The molecule has 2 fully saturated rings. The Bertz CT molecular complexity index is 1110. The number of nitrogens with zero attached hydrogens (tertiary/aromatic N) is 3. The molecule has 1 aromatic rings. The van der Waals surface area contributed by atoms with Gasteiger partial charge in [-0.3, -0.25) is 14.9 Å². The fraction of sp³-hybridized carbons (Fsp3) is 0.897. The van der Waals surface area contributed by atoms with E-state index in [-0.39, 0.29) is 22.3 Å². The first-order chi connectivity index (χ1) is 18.6. The number of hydrogen-bond acceptors (Lipinski definition) is 6. The van der Waals surface area contributed by atoms with Crippen LogP contribution in [0.15, 0.2) is 9.32 Å². The van der Waals surface area contributed by atoms with Gasteiger partial charge in [0.15, 0.2) is 0 Å². The monoisotopic (exact) mass is 570 g/mol. The van der Waals surface area contributed by atoms with Crippen molar-refractivity contribution in [1.82, 2.24) is 4.74 Å². The summed E-state index contributed by atoms with van der Waals surface area (Å²) in [5.74, 6) is 0.474. The lowest BCUT2D eigenvalue weighted by atomic mass is 9.86. The van der Waals surface area contributed by atoms with Gasteiger partial charge in [0.2, 0.25) is 6.04 Å². The number of quaternary nitrogens is 1. The summed E-state index contributed by atoms with van der Waals surface area (Å²) < 4.78 is 33.3. The Labute approximate surface area is 235 Å². The highest BCUT2D eigenvalue weighted by molar-refractivity contribution is 7.92. The molecule has 0 N–H and O–H groups in total. The average Bonchev–Trinajstić information content (AvgIpc) is 3.08. The van der Waals surface area contributed by atoms with Gasteiger partial charge in [0, 0.05) is 11.3 Å². The molecule has 224 valence electrons. The van der Waals surface area contributed by atoms with Crippen LogP contribution in [0.2, 0.25) is 0 Å². The maximum Gasteiger partial charge on any atom is 0.356 e. The highest BCUT2D eigenvalue weighted by atomic mass is 32.2. The molecule has 1 aliphatic carbocycles. The zero-order valence-electron chi connectivity index (χ0n) is 24.8. The second-order valence-corrected chi connectivity index (χ2v) is 14.6. The van der Waals surface area contributed by atoms with Crippen LogP contribution in [0, 0.1) is 17.0 Å². The van der Waals surface area contributed by atoms with E-state index in [0.717, 1.165) is 24.0 Å². The highest BCUT2D eigenvalue weighted by Gasteiger charge is 2.86. The molecule has 2 aliphatic rings. The summed E-state index contributed by atoms with van der Waals surface area (Å²) in [7, 11) is -1.78. The molecule has 1 spiro atoms. The van der Waals surface area contributed by atoms with Crippen LogP contribution >= 0.6 is 0 Å². The zero-order chi connectivity index (χ0) is 28.7. The number of rotatable bonds is 18. The van der Waals surface area contributed by atoms with Crippen LogP contribution in [0.25, 0.3) is 0 Å². The van der Waals surface area contributed by atoms with Crippen LogP contribution in [-0.2, 0) is 16.4 Å². The lowest BCUT2D eigenvalue weighted by Gasteiger charge is -2.28.